The molecule has 0 radical (unpaired) electrons. The highest BCUT2D eigenvalue weighted by Crippen LogP contribution is 2.43. The summed E-state index contributed by atoms with van der Waals surface area (Å²) in [6.45, 7) is 2.03. The Morgan fingerprint density at radius 2 is 0.881 bits per heavy atom. The maximum Gasteiger partial charge on any atom is 0.472 e. The van der Waals surface area contributed by atoms with Crippen LogP contribution >= 0.6 is 7.82 Å². The van der Waals surface area contributed by atoms with Gasteiger partial charge >= 0.3 is 13.8 Å². The number of unbranched alkanes of at least 4 members (excludes halogenated alkanes) is 17. The minimum absolute atomic E-state index is 0.0526. The lowest BCUT2D eigenvalue weighted by atomic mass is 10.0. The van der Waals surface area contributed by atoms with Gasteiger partial charge in [0.2, 0.25) is 0 Å². The second-order valence-electron chi connectivity index (χ2n) is 16.6. The molecule has 340 valence electrons. The maximum absolute atomic E-state index is 12.0. The average Bonchev–Trinajstić information content (AvgIpc) is 3.19. The number of aliphatic hydroxyl groups is 1. The first-order valence-electron chi connectivity index (χ1n) is 23.4. The van der Waals surface area contributed by atoms with Crippen molar-refractivity contribution in [2.24, 2.45) is 0 Å². The second kappa shape index (κ2) is 42.4. The summed E-state index contributed by atoms with van der Waals surface area (Å²) < 4.78 is 27.3. The zero-order valence-corrected chi connectivity index (χ0v) is 39.1. The number of aliphatic hydroxyl groups excluding tert-OH is 1. The fraction of sp³-hybridized carbons (Fsp3) is 0.700. The highest BCUT2D eigenvalue weighted by atomic mass is 31.2. The topological polar surface area (TPSA) is 102 Å². The number of esters is 1. The zero-order chi connectivity index (χ0) is 43.4. The van der Waals surface area contributed by atoms with Gasteiger partial charge < -0.3 is 19.2 Å². The molecule has 0 aromatic heterocycles. The van der Waals surface area contributed by atoms with Gasteiger partial charge in [-0.25, -0.2) is 4.57 Å². The Morgan fingerprint density at radius 3 is 1.27 bits per heavy atom. The van der Waals surface area contributed by atoms with E-state index < -0.39 is 20.5 Å². The highest BCUT2D eigenvalue weighted by Gasteiger charge is 2.24. The number of allylic oxidation sites excluding steroid dienone is 14. The molecule has 0 aliphatic rings. The van der Waals surface area contributed by atoms with Crippen LogP contribution in [0.3, 0.4) is 0 Å². The summed E-state index contributed by atoms with van der Waals surface area (Å²) in [5.41, 5.74) is 0. The number of hydrogen-bond acceptors (Lipinski definition) is 6. The Kier molecular flexibility index (Phi) is 40.7. The lowest BCUT2D eigenvalue weighted by molar-refractivity contribution is -0.870. The lowest BCUT2D eigenvalue weighted by Gasteiger charge is -2.24. The van der Waals surface area contributed by atoms with Crippen LogP contribution in [-0.4, -0.2) is 74.1 Å². The smallest absolute Gasteiger partial charge is 0.463 e. The number of quaternary nitrogens is 1. The third kappa shape index (κ3) is 48.2. The molecule has 8 nitrogen and oxygen atoms in total. The average molecular weight is 847 g/mol. The monoisotopic (exact) mass is 847 g/mol. The SMILES string of the molecule is CC/C=C\C/C=C\C/C=C\C/C=C\C/C=C\C/C=C\C/C=C\CCCCCCCCCCCCCCCCCCCC(=O)OCC(O)COP(=O)(O)OCC[N+](C)(C)C. The Hall–Kier alpha value is -2.32. The van der Waals surface area contributed by atoms with Crippen LogP contribution in [0.15, 0.2) is 85.1 Å². The summed E-state index contributed by atoms with van der Waals surface area (Å²) in [6, 6.07) is 0. The van der Waals surface area contributed by atoms with E-state index in [1.165, 1.54) is 96.3 Å². The van der Waals surface area contributed by atoms with Crippen molar-refractivity contribution in [3.8, 4) is 0 Å². The largest absolute Gasteiger partial charge is 0.472 e. The molecule has 2 atom stereocenters. The molecular formula is C50H89NO7P+. The van der Waals surface area contributed by atoms with Gasteiger partial charge in [0, 0.05) is 6.42 Å². The van der Waals surface area contributed by atoms with Crippen LogP contribution in [0.5, 0.6) is 0 Å². The van der Waals surface area contributed by atoms with E-state index in [1.54, 1.807) is 0 Å². The lowest BCUT2D eigenvalue weighted by Crippen LogP contribution is -2.37. The van der Waals surface area contributed by atoms with Gasteiger partial charge in [-0.1, -0.05) is 188 Å². The van der Waals surface area contributed by atoms with Crippen molar-refractivity contribution in [1.82, 2.24) is 0 Å². The van der Waals surface area contributed by atoms with E-state index in [1.807, 2.05) is 21.1 Å². The van der Waals surface area contributed by atoms with E-state index in [9.17, 15) is 19.4 Å². The van der Waals surface area contributed by atoms with Crippen LogP contribution in [0.2, 0.25) is 0 Å². The van der Waals surface area contributed by atoms with Crippen molar-refractivity contribution in [3.05, 3.63) is 85.1 Å². The molecule has 0 aliphatic carbocycles. The Labute approximate surface area is 362 Å². The van der Waals surface area contributed by atoms with Crippen molar-refractivity contribution in [2.75, 3.05) is 47.5 Å². The first kappa shape index (κ1) is 56.7. The fourth-order valence-corrected chi connectivity index (χ4v) is 6.80. The number of hydrogen-bond donors (Lipinski definition) is 2. The summed E-state index contributed by atoms with van der Waals surface area (Å²) in [6.07, 6.45) is 60.7. The number of nitrogens with zero attached hydrogens (tertiary/aromatic N) is 1. The first-order valence-corrected chi connectivity index (χ1v) is 24.9. The van der Waals surface area contributed by atoms with Gasteiger partial charge in [-0.3, -0.25) is 13.8 Å². The summed E-state index contributed by atoms with van der Waals surface area (Å²) >= 11 is 0. The van der Waals surface area contributed by atoms with Crippen molar-refractivity contribution < 1.29 is 37.6 Å². The molecule has 0 bridgehead atoms. The molecule has 2 unspecified atom stereocenters. The molecule has 0 aromatic rings. The number of rotatable bonds is 42. The number of ether oxygens (including phenoxy) is 1. The predicted molar refractivity (Wildman–Crippen MR) is 251 cm³/mol. The van der Waals surface area contributed by atoms with E-state index in [2.05, 4.69) is 92.0 Å². The van der Waals surface area contributed by atoms with Crippen LogP contribution in [0, 0.1) is 0 Å². The maximum atomic E-state index is 12.0. The highest BCUT2D eigenvalue weighted by molar-refractivity contribution is 7.47. The molecular weight excluding hydrogens is 758 g/mol. The third-order valence-electron chi connectivity index (χ3n) is 9.67. The molecule has 0 aliphatic heterocycles. The normalized spacial score (nSPS) is 14.5. The minimum Gasteiger partial charge on any atom is -0.463 e. The zero-order valence-electron chi connectivity index (χ0n) is 38.2. The van der Waals surface area contributed by atoms with Gasteiger partial charge in [0.1, 0.15) is 25.9 Å². The Balaban J connectivity index is 3.44. The van der Waals surface area contributed by atoms with E-state index >= 15 is 0 Å². The number of phosphoric acid groups is 1. The van der Waals surface area contributed by atoms with Gasteiger partial charge in [-0.05, 0) is 64.2 Å². The molecule has 0 aromatic carbocycles. The van der Waals surface area contributed by atoms with E-state index in [0.29, 0.717) is 17.4 Å². The Bertz CT molecular complexity index is 1210. The molecule has 0 saturated heterocycles. The molecule has 9 heteroatoms. The van der Waals surface area contributed by atoms with Crippen LogP contribution in [-0.2, 0) is 23.1 Å². The van der Waals surface area contributed by atoms with Crippen LogP contribution < -0.4 is 0 Å². The standard InChI is InChI=1S/C50H88NO7P/c1-5-6-7-8-9-10-11-12-13-14-15-16-17-18-19-20-21-22-23-24-25-26-27-28-29-30-31-32-33-34-35-36-37-38-39-40-41-42-43-44-50(53)56-47-49(52)48-58-59(54,55)57-46-45-51(2,3)4/h6-7,9-10,12-13,15-16,18-19,21-22,24-25,49,52H,5,8,11,14,17,20,23,26-48H2,1-4H3/p+1/b7-6-,10-9-,13-12-,16-15-,19-18-,22-21-,25-24-. The van der Waals surface area contributed by atoms with Crippen molar-refractivity contribution >= 4 is 13.8 Å². The summed E-state index contributed by atoms with van der Waals surface area (Å²) in [5.74, 6) is -0.372. The van der Waals surface area contributed by atoms with Gasteiger partial charge in [0.05, 0.1) is 27.7 Å². The summed E-state index contributed by atoms with van der Waals surface area (Å²) in [7, 11) is 1.56. The quantitative estimate of drug-likeness (QED) is 0.0207. The number of phosphoric ester groups is 1. The predicted octanol–water partition coefficient (Wildman–Crippen LogP) is 13.8. The summed E-state index contributed by atoms with van der Waals surface area (Å²) in [4.78, 5) is 21.7. The van der Waals surface area contributed by atoms with Gasteiger partial charge in [0.15, 0.2) is 0 Å². The fourth-order valence-electron chi connectivity index (χ4n) is 6.05. The van der Waals surface area contributed by atoms with Gasteiger partial charge in [-0.15, -0.1) is 0 Å². The molecule has 0 heterocycles. The van der Waals surface area contributed by atoms with Crippen LogP contribution in [0.4, 0.5) is 0 Å². The molecule has 0 fully saturated rings. The summed E-state index contributed by atoms with van der Waals surface area (Å²) in [5, 5.41) is 9.92. The number of carbonyl (C=O) groups is 1. The number of likely N-dealkylation sites (N-methyl/N-ethyl adjacent to an activating group) is 1. The molecule has 0 amide bonds. The van der Waals surface area contributed by atoms with E-state index in [0.717, 1.165) is 64.2 Å². The third-order valence-corrected chi connectivity index (χ3v) is 10.7. The van der Waals surface area contributed by atoms with Crippen LogP contribution in [0.25, 0.3) is 0 Å². The first-order chi connectivity index (χ1) is 28.6. The van der Waals surface area contributed by atoms with Crippen molar-refractivity contribution in [1.29, 1.82) is 0 Å². The minimum atomic E-state index is -4.26. The molecule has 0 rings (SSSR count). The molecule has 0 saturated carbocycles. The second-order valence-corrected chi connectivity index (χ2v) is 18.1. The molecule has 0 spiro atoms. The van der Waals surface area contributed by atoms with Crippen LogP contribution in [0.1, 0.15) is 174 Å². The van der Waals surface area contributed by atoms with Crippen molar-refractivity contribution in [2.45, 2.75) is 180 Å². The van der Waals surface area contributed by atoms with Crippen molar-refractivity contribution in [3.63, 3.8) is 0 Å². The van der Waals surface area contributed by atoms with Gasteiger partial charge in [-0.2, -0.15) is 0 Å². The van der Waals surface area contributed by atoms with Gasteiger partial charge in [0.25, 0.3) is 0 Å². The van der Waals surface area contributed by atoms with E-state index in [4.69, 9.17) is 13.8 Å². The molecule has 59 heavy (non-hydrogen) atoms. The number of carbonyl (C=O) groups excluding carboxylic acids is 1. The van der Waals surface area contributed by atoms with E-state index in [-0.39, 0.29) is 19.2 Å². The Morgan fingerprint density at radius 1 is 0.525 bits per heavy atom. The molecule has 2 N–H and O–H groups in total.